The molecule has 0 aliphatic carbocycles. The van der Waals surface area contributed by atoms with Crippen LogP contribution in [0.1, 0.15) is 34.3 Å². The Kier molecular flexibility index (Phi) is 4.41. The van der Waals surface area contributed by atoms with E-state index in [1.54, 1.807) is 38.2 Å². The fraction of sp³-hybridized carbons (Fsp3) is 0.250. The first-order valence-electron chi connectivity index (χ1n) is 9.04. The van der Waals surface area contributed by atoms with E-state index in [1.807, 2.05) is 0 Å². The van der Waals surface area contributed by atoms with E-state index in [0.717, 1.165) is 0 Å². The molecule has 1 N–H and O–H groups in total. The number of benzene rings is 2. The predicted octanol–water partition coefficient (Wildman–Crippen LogP) is 1.13. The second-order valence-electron chi connectivity index (χ2n) is 7.24. The van der Waals surface area contributed by atoms with Crippen molar-refractivity contribution in [3.8, 4) is 5.75 Å². The summed E-state index contributed by atoms with van der Waals surface area (Å²) in [6, 6.07) is 11.3. The van der Waals surface area contributed by atoms with E-state index in [2.05, 4.69) is 5.32 Å². The van der Waals surface area contributed by atoms with Gasteiger partial charge in [-0.2, -0.15) is 0 Å². The van der Waals surface area contributed by atoms with E-state index in [4.69, 9.17) is 4.74 Å². The molecule has 1 fully saturated rings. The smallest absolute Gasteiger partial charge is 0.254 e. The van der Waals surface area contributed by atoms with E-state index in [0.29, 0.717) is 22.4 Å². The van der Waals surface area contributed by atoms with Crippen LogP contribution in [0.4, 0.5) is 4.39 Å². The summed E-state index contributed by atoms with van der Waals surface area (Å²) < 4.78 is 19.2. The van der Waals surface area contributed by atoms with Gasteiger partial charge in [0.05, 0.1) is 12.0 Å². The van der Waals surface area contributed by atoms with Gasteiger partial charge in [-0.15, -0.1) is 0 Å². The van der Waals surface area contributed by atoms with Gasteiger partial charge in [0.25, 0.3) is 5.91 Å². The SMILES string of the molecule is BC1(N2Cc3c(OCc4cccc(F)c4)cccc3C2=O)CCC(=O)NC1=O. The molecule has 3 amide bonds. The summed E-state index contributed by atoms with van der Waals surface area (Å²) >= 11 is 0. The summed E-state index contributed by atoms with van der Waals surface area (Å²) in [4.78, 5) is 38.4. The van der Waals surface area contributed by atoms with Gasteiger partial charge in [0.15, 0.2) is 0 Å². The van der Waals surface area contributed by atoms with Gasteiger partial charge in [-0.25, -0.2) is 4.39 Å². The predicted molar refractivity (Wildman–Crippen MR) is 101 cm³/mol. The summed E-state index contributed by atoms with van der Waals surface area (Å²) in [6.07, 6.45) is 0.460. The van der Waals surface area contributed by atoms with Crippen molar-refractivity contribution in [3.63, 3.8) is 0 Å². The number of piperidine rings is 1. The van der Waals surface area contributed by atoms with Crippen molar-refractivity contribution >= 4 is 25.6 Å². The molecule has 28 heavy (non-hydrogen) atoms. The van der Waals surface area contributed by atoms with Crippen molar-refractivity contribution in [2.75, 3.05) is 0 Å². The van der Waals surface area contributed by atoms with Gasteiger partial charge in [-0.1, -0.05) is 18.2 Å². The van der Waals surface area contributed by atoms with Crippen LogP contribution in [-0.2, 0) is 22.7 Å². The van der Waals surface area contributed by atoms with Crippen LogP contribution in [-0.4, -0.2) is 35.9 Å². The Morgan fingerprint density at radius 3 is 2.71 bits per heavy atom. The minimum absolute atomic E-state index is 0.161. The first-order valence-corrected chi connectivity index (χ1v) is 9.04. The monoisotopic (exact) mass is 380 g/mol. The van der Waals surface area contributed by atoms with Gasteiger partial charge in [0.2, 0.25) is 11.8 Å². The molecule has 0 saturated carbocycles. The molecule has 0 spiro atoms. The fourth-order valence-electron chi connectivity index (χ4n) is 3.68. The number of ether oxygens (including phenoxy) is 1. The number of carbonyl (C=O) groups excluding carboxylic acids is 3. The number of amides is 3. The number of imide groups is 1. The second-order valence-corrected chi connectivity index (χ2v) is 7.24. The van der Waals surface area contributed by atoms with Crippen LogP contribution < -0.4 is 10.1 Å². The van der Waals surface area contributed by atoms with E-state index in [-0.39, 0.29) is 43.6 Å². The second kappa shape index (κ2) is 6.78. The molecule has 142 valence electrons. The largest absolute Gasteiger partial charge is 0.489 e. The highest BCUT2D eigenvalue weighted by atomic mass is 19.1. The lowest BCUT2D eigenvalue weighted by atomic mass is 9.70. The molecule has 1 atom stereocenters. The van der Waals surface area contributed by atoms with Crippen molar-refractivity contribution in [2.45, 2.75) is 31.4 Å². The van der Waals surface area contributed by atoms with Crippen molar-refractivity contribution < 1.29 is 23.5 Å². The third-order valence-corrected chi connectivity index (χ3v) is 5.38. The van der Waals surface area contributed by atoms with Crippen molar-refractivity contribution in [2.24, 2.45) is 0 Å². The summed E-state index contributed by atoms with van der Waals surface area (Å²) in [5.41, 5.74) is 0.748. The highest BCUT2D eigenvalue weighted by molar-refractivity contribution is 6.32. The summed E-state index contributed by atoms with van der Waals surface area (Å²) in [6.45, 7) is 0.375. The molecular weight excluding hydrogens is 362 g/mol. The number of nitrogens with zero attached hydrogens (tertiary/aromatic N) is 1. The number of hydrogen-bond donors (Lipinski definition) is 1. The third-order valence-electron chi connectivity index (χ3n) is 5.38. The molecule has 1 saturated heterocycles. The first kappa shape index (κ1) is 18.2. The van der Waals surface area contributed by atoms with E-state index in [1.165, 1.54) is 17.0 Å². The lowest BCUT2D eigenvalue weighted by Crippen LogP contribution is -2.63. The maximum Gasteiger partial charge on any atom is 0.254 e. The van der Waals surface area contributed by atoms with Gasteiger partial charge in [-0.3, -0.25) is 19.7 Å². The quantitative estimate of drug-likeness (QED) is 0.638. The normalized spacial score (nSPS) is 21.5. The lowest BCUT2D eigenvalue weighted by Gasteiger charge is -2.39. The lowest BCUT2D eigenvalue weighted by molar-refractivity contribution is -0.138. The molecule has 0 aromatic heterocycles. The Morgan fingerprint density at radius 2 is 1.96 bits per heavy atom. The zero-order chi connectivity index (χ0) is 19.9. The number of carbonyl (C=O) groups is 3. The number of halogens is 1. The van der Waals surface area contributed by atoms with Crippen LogP contribution >= 0.6 is 0 Å². The Hall–Kier alpha value is -3.16. The maximum atomic E-state index is 13.4. The standard InChI is InChI=1S/C20H18BFN2O4/c21-20(8-7-17(25)23-19(20)27)24-10-15-14(18(24)26)5-2-6-16(15)28-11-12-3-1-4-13(22)9-12/h1-6,9H,7-8,10-11,21H2,(H,23,25,27). The molecule has 2 aromatic rings. The molecule has 0 radical (unpaired) electrons. The van der Waals surface area contributed by atoms with Crippen LogP contribution in [0.2, 0.25) is 0 Å². The van der Waals surface area contributed by atoms with Gasteiger partial charge >= 0.3 is 0 Å². The molecule has 2 aliphatic rings. The highest BCUT2D eigenvalue weighted by Crippen LogP contribution is 2.36. The van der Waals surface area contributed by atoms with Gasteiger partial charge in [-0.05, 0) is 36.2 Å². The minimum Gasteiger partial charge on any atom is -0.489 e. The van der Waals surface area contributed by atoms with Crippen LogP contribution in [0, 0.1) is 5.82 Å². The number of rotatable bonds is 4. The van der Waals surface area contributed by atoms with Crippen LogP contribution in [0.15, 0.2) is 42.5 Å². The van der Waals surface area contributed by atoms with E-state index in [9.17, 15) is 18.8 Å². The van der Waals surface area contributed by atoms with E-state index < -0.39 is 11.3 Å². The molecular formula is C20H18BFN2O4. The van der Waals surface area contributed by atoms with Gasteiger partial charge in [0, 0.05) is 17.5 Å². The summed E-state index contributed by atoms with van der Waals surface area (Å²) in [5.74, 6) is -0.879. The van der Waals surface area contributed by atoms with Crippen molar-refractivity contribution in [1.82, 2.24) is 10.2 Å². The van der Waals surface area contributed by atoms with Crippen molar-refractivity contribution in [3.05, 3.63) is 65.0 Å². The van der Waals surface area contributed by atoms with Crippen LogP contribution in [0.3, 0.4) is 0 Å². The number of hydrogen-bond acceptors (Lipinski definition) is 4. The van der Waals surface area contributed by atoms with E-state index >= 15 is 0 Å². The molecule has 2 heterocycles. The summed E-state index contributed by atoms with van der Waals surface area (Å²) in [5, 5.41) is 2.32. The van der Waals surface area contributed by atoms with Gasteiger partial charge < -0.3 is 9.64 Å². The fourth-order valence-corrected chi connectivity index (χ4v) is 3.68. The maximum absolute atomic E-state index is 13.4. The van der Waals surface area contributed by atoms with Gasteiger partial charge in [0.1, 0.15) is 26.0 Å². The molecule has 8 heteroatoms. The first-order chi connectivity index (χ1) is 13.4. The highest BCUT2D eigenvalue weighted by Gasteiger charge is 2.48. The molecule has 1 unspecified atom stereocenters. The average Bonchev–Trinajstić information content (AvgIpc) is 3.02. The Morgan fingerprint density at radius 1 is 1.18 bits per heavy atom. The Balaban J connectivity index is 1.58. The number of nitrogens with one attached hydrogen (secondary N) is 1. The molecule has 2 aliphatic heterocycles. The zero-order valence-electron chi connectivity index (χ0n) is 15.3. The van der Waals surface area contributed by atoms with Crippen molar-refractivity contribution in [1.29, 1.82) is 0 Å². The minimum atomic E-state index is -1.09. The summed E-state index contributed by atoms with van der Waals surface area (Å²) in [7, 11) is 1.67. The Bertz CT molecular complexity index is 996. The van der Waals surface area contributed by atoms with Crippen LogP contribution in [0.25, 0.3) is 0 Å². The topological polar surface area (TPSA) is 75.7 Å². The Labute approximate surface area is 162 Å². The zero-order valence-corrected chi connectivity index (χ0v) is 15.3. The average molecular weight is 380 g/mol. The molecule has 0 bridgehead atoms. The molecule has 2 aromatic carbocycles. The van der Waals surface area contributed by atoms with Crippen LogP contribution in [0.5, 0.6) is 5.75 Å². The third kappa shape index (κ3) is 3.04. The molecule has 4 rings (SSSR count). The molecule has 6 nitrogen and oxygen atoms in total. The number of fused-ring (bicyclic) bond motifs is 1.